The van der Waals surface area contributed by atoms with Crippen LogP contribution < -0.4 is 10.6 Å². The molecule has 0 saturated carbocycles. The van der Waals surface area contributed by atoms with Gasteiger partial charge in [-0.1, -0.05) is 0 Å². The highest BCUT2D eigenvalue weighted by molar-refractivity contribution is 5.49. The quantitative estimate of drug-likeness (QED) is 0.241. The zero-order valence-electron chi connectivity index (χ0n) is 16.8. The van der Waals surface area contributed by atoms with E-state index in [0.717, 1.165) is 54.9 Å². The van der Waals surface area contributed by atoms with Gasteiger partial charge in [-0.15, -0.1) is 0 Å². The third-order valence-corrected chi connectivity index (χ3v) is 4.69. The first-order valence-corrected chi connectivity index (χ1v) is 9.55. The molecule has 9 nitrogen and oxygen atoms in total. The summed E-state index contributed by atoms with van der Waals surface area (Å²) in [6.45, 7) is 3.64. The Bertz CT molecular complexity index is 739. The molecule has 0 unspecified atom stereocenters. The number of quaternary nitrogens is 1. The first-order chi connectivity index (χ1) is 13.8. The molecule has 0 amide bonds. The molecule has 0 bridgehead atoms. The van der Waals surface area contributed by atoms with Gasteiger partial charge in [-0.05, 0) is 24.3 Å². The number of rotatable bonds is 12. The summed E-state index contributed by atoms with van der Waals surface area (Å²) in [7, 11) is 4.38. The number of nitro groups is 2. The van der Waals surface area contributed by atoms with Crippen LogP contribution in [0.3, 0.4) is 0 Å². The van der Waals surface area contributed by atoms with E-state index in [-0.39, 0.29) is 11.4 Å². The van der Waals surface area contributed by atoms with Gasteiger partial charge in [0.2, 0.25) is 0 Å². The standard InChI is InChI=1S/C20H28N5O4/c1-25(2,15-3-13-21-17-5-9-19(10-6-17)23(26)27)16-4-14-22-18-7-11-20(12-8-18)24(28)29/h5-12,21-22H,3-4,13-16H2,1-2H3/q+1. The molecule has 29 heavy (non-hydrogen) atoms. The van der Waals surface area contributed by atoms with Crippen molar-refractivity contribution in [2.75, 3.05) is 50.9 Å². The predicted molar refractivity (Wildman–Crippen MR) is 114 cm³/mol. The smallest absolute Gasteiger partial charge is 0.269 e. The second-order valence-corrected chi connectivity index (χ2v) is 7.55. The van der Waals surface area contributed by atoms with Crippen LogP contribution in [-0.4, -0.2) is 54.6 Å². The molecular formula is C20H28N5O4+. The number of benzene rings is 2. The highest BCUT2D eigenvalue weighted by Gasteiger charge is 2.14. The molecule has 0 aliphatic rings. The van der Waals surface area contributed by atoms with Crippen LogP contribution in [0.2, 0.25) is 0 Å². The van der Waals surface area contributed by atoms with Crippen LogP contribution in [0.5, 0.6) is 0 Å². The van der Waals surface area contributed by atoms with E-state index >= 15 is 0 Å². The fourth-order valence-electron chi connectivity index (χ4n) is 2.99. The Balaban J connectivity index is 1.62. The molecular weight excluding hydrogens is 374 g/mol. The highest BCUT2D eigenvalue weighted by Crippen LogP contribution is 2.16. The normalized spacial score (nSPS) is 11.1. The lowest BCUT2D eigenvalue weighted by atomic mass is 10.2. The largest absolute Gasteiger partial charge is 0.385 e. The Kier molecular flexibility index (Phi) is 7.90. The van der Waals surface area contributed by atoms with Crippen LogP contribution in [-0.2, 0) is 0 Å². The molecule has 2 aromatic carbocycles. The third-order valence-electron chi connectivity index (χ3n) is 4.69. The van der Waals surface area contributed by atoms with Gasteiger partial charge in [-0.3, -0.25) is 20.2 Å². The lowest BCUT2D eigenvalue weighted by Gasteiger charge is -2.30. The van der Waals surface area contributed by atoms with Crippen LogP contribution >= 0.6 is 0 Å². The van der Waals surface area contributed by atoms with Gasteiger partial charge in [0.05, 0.1) is 37.0 Å². The van der Waals surface area contributed by atoms with Crippen molar-refractivity contribution in [1.82, 2.24) is 0 Å². The maximum absolute atomic E-state index is 10.7. The van der Waals surface area contributed by atoms with Gasteiger partial charge in [-0.25, -0.2) is 0 Å². The van der Waals surface area contributed by atoms with E-state index in [9.17, 15) is 20.2 Å². The molecule has 0 aliphatic heterocycles. The number of hydrogen-bond acceptors (Lipinski definition) is 6. The molecule has 0 aliphatic carbocycles. The van der Waals surface area contributed by atoms with E-state index in [0.29, 0.717) is 0 Å². The summed E-state index contributed by atoms with van der Waals surface area (Å²) in [6.07, 6.45) is 1.97. The minimum atomic E-state index is -0.403. The molecule has 0 atom stereocenters. The Morgan fingerprint density at radius 1 is 0.724 bits per heavy atom. The zero-order chi connectivity index (χ0) is 21.3. The number of hydrogen-bond donors (Lipinski definition) is 2. The van der Waals surface area contributed by atoms with Crippen molar-refractivity contribution in [3.05, 3.63) is 68.8 Å². The van der Waals surface area contributed by atoms with Crippen LogP contribution in [0.1, 0.15) is 12.8 Å². The zero-order valence-corrected chi connectivity index (χ0v) is 16.8. The summed E-state index contributed by atoms with van der Waals surface area (Å²) < 4.78 is 0.893. The van der Waals surface area contributed by atoms with Crippen LogP contribution in [0.25, 0.3) is 0 Å². The molecule has 156 valence electrons. The van der Waals surface area contributed by atoms with Gasteiger partial charge in [0, 0.05) is 61.6 Å². The van der Waals surface area contributed by atoms with E-state index in [1.165, 1.54) is 24.3 Å². The molecule has 9 heteroatoms. The number of non-ortho nitro benzene ring substituents is 2. The molecule has 2 aromatic rings. The third kappa shape index (κ3) is 7.74. The molecule has 0 spiro atoms. The van der Waals surface area contributed by atoms with Gasteiger partial charge < -0.3 is 15.1 Å². The van der Waals surface area contributed by atoms with Crippen molar-refractivity contribution in [3.8, 4) is 0 Å². The molecule has 0 radical (unpaired) electrons. The summed E-state index contributed by atoms with van der Waals surface area (Å²) in [5, 5.41) is 27.9. The van der Waals surface area contributed by atoms with Crippen molar-refractivity contribution in [2.45, 2.75) is 12.8 Å². The molecule has 0 heterocycles. The van der Waals surface area contributed by atoms with Gasteiger partial charge >= 0.3 is 0 Å². The monoisotopic (exact) mass is 402 g/mol. The average Bonchev–Trinajstić information content (AvgIpc) is 2.69. The number of nitrogens with one attached hydrogen (secondary N) is 2. The summed E-state index contributed by atoms with van der Waals surface area (Å²) in [5.74, 6) is 0. The molecule has 0 saturated heterocycles. The van der Waals surface area contributed by atoms with E-state index in [2.05, 4.69) is 24.7 Å². The van der Waals surface area contributed by atoms with Crippen molar-refractivity contribution in [3.63, 3.8) is 0 Å². The number of anilines is 2. The van der Waals surface area contributed by atoms with Gasteiger partial charge in [0.1, 0.15) is 0 Å². The molecule has 2 N–H and O–H groups in total. The maximum atomic E-state index is 10.7. The molecule has 0 aromatic heterocycles. The lowest BCUT2D eigenvalue weighted by molar-refractivity contribution is -0.890. The van der Waals surface area contributed by atoms with E-state index < -0.39 is 9.85 Å². The Labute approximate surface area is 170 Å². The van der Waals surface area contributed by atoms with Crippen molar-refractivity contribution in [2.24, 2.45) is 0 Å². The van der Waals surface area contributed by atoms with Crippen LogP contribution in [0.15, 0.2) is 48.5 Å². The SMILES string of the molecule is C[N+](C)(CCCNc1ccc([N+](=O)[O-])cc1)CCCNc1ccc([N+](=O)[O-])cc1. The Morgan fingerprint density at radius 2 is 1.07 bits per heavy atom. The summed E-state index contributed by atoms with van der Waals surface area (Å²) in [4.78, 5) is 20.5. The van der Waals surface area contributed by atoms with Crippen molar-refractivity contribution in [1.29, 1.82) is 0 Å². The minimum Gasteiger partial charge on any atom is -0.385 e. The van der Waals surface area contributed by atoms with Gasteiger partial charge in [0.15, 0.2) is 0 Å². The number of nitro benzene ring substituents is 2. The fourth-order valence-corrected chi connectivity index (χ4v) is 2.99. The van der Waals surface area contributed by atoms with Crippen LogP contribution in [0.4, 0.5) is 22.7 Å². The highest BCUT2D eigenvalue weighted by atomic mass is 16.6. The first-order valence-electron chi connectivity index (χ1n) is 9.55. The van der Waals surface area contributed by atoms with Crippen LogP contribution in [0, 0.1) is 20.2 Å². The van der Waals surface area contributed by atoms with Crippen molar-refractivity contribution < 1.29 is 14.3 Å². The van der Waals surface area contributed by atoms with E-state index in [1.807, 2.05) is 0 Å². The summed E-state index contributed by atoms with van der Waals surface area (Å²) in [6, 6.07) is 12.9. The number of nitrogens with zero attached hydrogens (tertiary/aromatic N) is 3. The summed E-state index contributed by atoms with van der Waals surface area (Å²) in [5.41, 5.74) is 1.95. The first kappa shape index (κ1) is 22.1. The fraction of sp³-hybridized carbons (Fsp3) is 0.400. The predicted octanol–water partition coefficient (Wildman–Crippen LogP) is 3.88. The van der Waals surface area contributed by atoms with Gasteiger partial charge in [0.25, 0.3) is 11.4 Å². The average molecular weight is 402 g/mol. The maximum Gasteiger partial charge on any atom is 0.269 e. The second-order valence-electron chi connectivity index (χ2n) is 7.55. The topological polar surface area (TPSA) is 110 Å². The Morgan fingerprint density at radius 3 is 1.38 bits per heavy atom. The van der Waals surface area contributed by atoms with Gasteiger partial charge in [-0.2, -0.15) is 0 Å². The minimum absolute atomic E-state index is 0.0932. The molecule has 0 fully saturated rings. The van der Waals surface area contributed by atoms with E-state index in [1.54, 1.807) is 24.3 Å². The second kappa shape index (κ2) is 10.4. The molecule has 2 rings (SSSR count). The van der Waals surface area contributed by atoms with Crippen molar-refractivity contribution >= 4 is 22.7 Å². The Hall–Kier alpha value is -3.20. The van der Waals surface area contributed by atoms with E-state index in [4.69, 9.17) is 0 Å². The lowest BCUT2D eigenvalue weighted by Crippen LogP contribution is -2.42. The summed E-state index contributed by atoms with van der Waals surface area (Å²) >= 11 is 0.